The van der Waals surface area contributed by atoms with Crippen molar-refractivity contribution in [3.8, 4) is 0 Å². The Morgan fingerprint density at radius 2 is 1.95 bits per heavy atom. The van der Waals surface area contributed by atoms with Gasteiger partial charge in [0.15, 0.2) is 5.82 Å². The fourth-order valence-electron chi connectivity index (χ4n) is 2.22. The number of hydrogen-bond donors (Lipinski definition) is 1. The van der Waals surface area contributed by atoms with E-state index in [4.69, 9.17) is 9.72 Å². The van der Waals surface area contributed by atoms with Gasteiger partial charge < -0.3 is 10.1 Å². The van der Waals surface area contributed by atoms with Crippen LogP contribution in [0, 0.1) is 0 Å². The Hall–Kier alpha value is -1.46. The Balaban J connectivity index is 2.48. The number of aromatic nitrogens is 2. The lowest BCUT2D eigenvalue weighted by atomic mass is 10.1. The third-order valence-corrected chi connectivity index (χ3v) is 4.07. The van der Waals surface area contributed by atoms with Gasteiger partial charge in [0.1, 0.15) is 11.9 Å². The second-order valence-electron chi connectivity index (χ2n) is 4.72. The lowest BCUT2D eigenvalue weighted by Crippen LogP contribution is -2.12. The summed E-state index contributed by atoms with van der Waals surface area (Å²) in [5, 5.41) is 3.11. The fourth-order valence-corrected chi connectivity index (χ4v) is 2.79. The van der Waals surface area contributed by atoms with Gasteiger partial charge in [-0.2, -0.15) is 0 Å². The lowest BCUT2D eigenvalue weighted by molar-refractivity contribution is 0.129. The summed E-state index contributed by atoms with van der Waals surface area (Å²) in [6, 6.07) is 10.0. The van der Waals surface area contributed by atoms with Gasteiger partial charge >= 0.3 is 0 Å². The second-order valence-corrected chi connectivity index (χ2v) is 5.51. The first-order valence-electron chi connectivity index (χ1n) is 7.03. The first kappa shape index (κ1) is 15.9. The van der Waals surface area contributed by atoms with E-state index < -0.39 is 0 Å². The van der Waals surface area contributed by atoms with Crippen molar-refractivity contribution in [1.29, 1.82) is 0 Å². The number of nitrogens with one attached hydrogen (secondary N) is 1. The van der Waals surface area contributed by atoms with Crippen LogP contribution in [0.1, 0.15) is 36.5 Å². The molecule has 1 heterocycles. The molecule has 0 saturated heterocycles. The van der Waals surface area contributed by atoms with Gasteiger partial charge in [-0.3, -0.25) is 0 Å². The molecule has 0 aliphatic carbocycles. The molecule has 0 bridgehead atoms. The van der Waals surface area contributed by atoms with Crippen LogP contribution in [0.4, 0.5) is 5.82 Å². The molecule has 0 aliphatic rings. The minimum absolute atomic E-state index is 0.262. The Labute approximate surface area is 134 Å². The number of benzene rings is 1. The molecule has 0 fully saturated rings. The van der Waals surface area contributed by atoms with Gasteiger partial charge in [-0.05, 0) is 27.9 Å². The summed E-state index contributed by atoms with van der Waals surface area (Å²) in [4.78, 5) is 9.28. The van der Waals surface area contributed by atoms with Gasteiger partial charge in [0.05, 0.1) is 10.2 Å². The van der Waals surface area contributed by atoms with Crippen LogP contribution in [0.3, 0.4) is 0 Å². The monoisotopic (exact) mass is 349 g/mol. The van der Waals surface area contributed by atoms with E-state index in [2.05, 4.69) is 33.2 Å². The quantitative estimate of drug-likeness (QED) is 0.856. The van der Waals surface area contributed by atoms with Crippen LogP contribution in [0.15, 0.2) is 34.8 Å². The summed E-state index contributed by atoms with van der Waals surface area (Å²) >= 11 is 3.58. The molecule has 112 valence electrons. The summed E-state index contributed by atoms with van der Waals surface area (Å²) in [6.07, 6.45) is 1.67. The Morgan fingerprint density at radius 1 is 1.24 bits per heavy atom. The summed E-state index contributed by atoms with van der Waals surface area (Å²) in [5.74, 6) is 1.47. The van der Waals surface area contributed by atoms with E-state index in [0.717, 1.165) is 34.4 Å². The molecule has 4 nitrogen and oxygen atoms in total. The van der Waals surface area contributed by atoms with E-state index in [1.54, 1.807) is 7.11 Å². The van der Waals surface area contributed by atoms with Crippen molar-refractivity contribution < 1.29 is 4.74 Å². The molecule has 0 amide bonds. The van der Waals surface area contributed by atoms with Crippen LogP contribution < -0.4 is 5.32 Å². The molecule has 1 aromatic carbocycles. The van der Waals surface area contributed by atoms with Gasteiger partial charge in [-0.15, -0.1) is 0 Å². The first-order chi connectivity index (χ1) is 10.2. The lowest BCUT2D eigenvalue weighted by Gasteiger charge is -2.17. The number of hydrogen-bond acceptors (Lipinski definition) is 4. The molecule has 1 unspecified atom stereocenters. The van der Waals surface area contributed by atoms with E-state index in [0.29, 0.717) is 5.82 Å². The smallest absolute Gasteiger partial charge is 0.164 e. The Kier molecular flexibility index (Phi) is 5.70. The van der Waals surface area contributed by atoms with Crippen LogP contribution in [0.5, 0.6) is 0 Å². The van der Waals surface area contributed by atoms with Gasteiger partial charge in [0, 0.05) is 14.2 Å². The maximum absolute atomic E-state index is 5.63. The highest BCUT2D eigenvalue weighted by atomic mass is 79.9. The van der Waals surface area contributed by atoms with Crippen LogP contribution in [-0.4, -0.2) is 24.1 Å². The van der Waals surface area contributed by atoms with Crippen molar-refractivity contribution in [2.45, 2.75) is 25.9 Å². The molecule has 21 heavy (non-hydrogen) atoms. The number of anilines is 1. The minimum atomic E-state index is -0.262. The van der Waals surface area contributed by atoms with Gasteiger partial charge in [-0.1, -0.05) is 43.7 Å². The molecule has 2 aromatic rings. The summed E-state index contributed by atoms with van der Waals surface area (Å²) in [6.45, 7) is 2.14. The van der Waals surface area contributed by atoms with Crippen LogP contribution >= 0.6 is 15.9 Å². The Bertz CT molecular complexity index is 590. The zero-order chi connectivity index (χ0) is 15.2. The van der Waals surface area contributed by atoms with Crippen LogP contribution in [0.2, 0.25) is 0 Å². The van der Waals surface area contributed by atoms with Gasteiger partial charge in [-0.25, -0.2) is 9.97 Å². The second kappa shape index (κ2) is 7.52. The van der Waals surface area contributed by atoms with E-state index in [1.807, 2.05) is 37.4 Å². The van der Waals surface area contributed by atoms with Crippen LogP contribution in [0.25, 0.3) is 0 Å². The van der Waals surface area contributed by atoms with Gasteiger partial charge in [0.25, 0.3) is 0 Å². The minimum Gasteiger partial charge on any atom is -0.372 e. The number of halogens is 1. The topological polar surface area (TPSA) is 47.0 Å². The van der Waals surface area contributed by atoms with Gasteiger partial charge in [0.2, 0.25) is 0 Å². The third kappa shape index (κ3) is 3.60. The van der Waals surface area contributed by atoms with Crippen LogP contribution in [-0.2, 0) is 11.2 Å². The molecule has 0 aliphatic heterocycles. The molecular formula is C16H20BrN3O. The fraction of sp³-hybridized carbons (Fsp3) is 0.375. The molecular weight excluding hydrogens is 330 g/mol. The van der Waals surface area contributed by atoms with Crippen molar-refractivity contribution in [1.82, 2.24) is 9.97 Å². The van der Waals surface area contributed by atoms with Crippen molar-refractivity contribution >= 4 is 21.7 Å². The van der Waals surface area contributed by atoms with E-state index >= 15 is 0 Å². The van der Waals surface area contributed by atoms with Crippen molar-refractivity contribution in [2.75, 3.05) is 19.5 Å². The standard InChI is InChI=1S/C16H20BrN3O/c1-4-8-12-13(17)15(18-2)20-16(19-12)14(21-3)11-9-6-5-7-10-11/h5-7,9-10,14H,4,8H2,1-3H3,(H,18,19,20). The Morgan fingerprint density at radius 3 is 2.52 bits per heavy atom. The van der Waals surface area contributed by atoms with Crippen molar-refractivity contribution in [3.63, 3.8) is 0 Å². The SMILES string of the molecule is CCCc1nc(C(OC)c2ccccc2)nc(NC)c1Br. The third-order valence-electron chi connectivity index (χ3n) is 3.23. The average molecular weight is 350 g/mol. The molecule has 1 N–H and O–H groups in total. The molecule has 0 radical (unpaired) electrons. The number of ether oxygens (including phenoxy) is 1. The highest BCUT2D eigenvalue weighted by Crippen LogP contribution is 2.29. The summed E-state index contributed by atoms with van der Waals surface area (Å²) in [7, 11) is 3.54. The normalized spacial score (nSPS) is 12.2. The maximum Gasteiger partial charge on any atom is 0.164 e. The molecule has 1 atom stereocenters. The summed E-state index contributed by atoms with van der Waals surface area (Å²) < 4.78 is 6.56. The number of aryl methyl sites for hydroxylation is 1. The molecule has 1 aromatic heterocycles. The molecule has 5 heteroatoms. The molecule has 0 saturated carbocycles. The van der Waals surface area contributed by atoms with Crippen molar-refractivity contribution in [3.05, 3.63) is 51.9 Å². The molecule has 0 spiro atoms. The highest BCUT2D eigenvalue weighted by Gasteiger charge is 2.20. The zero-order valence-electron chi connectivity index (χ0n) is 12.6. The summed E-state index contributed by atoms with van der Waals surface area (Å²) in [5.41, 5.74) is 2.05. The number of methoxy groups -OCH3 is 1. The number of nitrogens with zero attached hydrogens (tertiary/aromatic N) is 2. The zero-order valence-corrected chi connectivity index (χ0v) is 14.1. The highest BCUT2D eigenvalue weighted by molar-refractivity contribution is 9.10. The van der Waals surface area contributed by atoms with Crippen molar-refractivity contribution in [2.24, 2.45) is 0 Å². The van der Waals surface area contributed by atoms with E-state index in [-0.39, 0.29) is 6.10 Å². The van der Waals surface area contributed by atoms with E-state index in [1.165, 1.54) is 0 Å². The largest absolute Gasteiger partial charge is 0.372 e. The number of rotatable bonds is 6. The average Bonchev–Trinajstić information content (AvgIpc) is 2.52. The first-order valence-corrected chi connectivity index (χ1v) is 7.82. The molecule has 2 rings (SSSR count). The predicted octanol–water partition coefficient (Wildman–Crippen LogP) is 3.97. The predicted molar refractivity (Wildman–Crippen MR) is 88.6 cm³/mol. The van der Waals surface area contributed by atoms with E-state index in [9.17, 15) is 0 Å². The maximum atomic E-state index is 5.63.